The molecule has 0 saturated carbocycles. The van der Waals surface area contributed by atoms with E-state index in [2.05, 4.69) is 36.8 Å². The highest BCUT2D eigenvalue weighted by molar-refractivity contribution is 5.64. The second-order valence-corrected chi connectivity index (χ2v) is 5.72. The third-order valence-corrected chi connectivity index (χ3v) is 3.40. The molecule has 1 aromatic rings. The molecule has 106 valence electrons. The van der Waals surface area contributed by atoms with Gasteiger partial charge in [-0.25, -0.2) is 0 Å². The zero-order valence-electron chi connectivity index (χ0n) is 12.2. The van der Waals surface area contributed by atoms with E-state index in [0.29, 0.717) is 5.92 Å². The lowest BCUT2D eigenvalue weighted by Crippen LogP contribution is -2.44. The first-order valence-corrected chi connectivity index (χ1v) is 7.02. The summed E-state index contributed by atoms with van der Waals surface area (Å²) in [5, 5.41) is 0. The van der Waals surface area contributed by atoms with Gasteiger partial charge in [-0.3, -0.25) is 0 Å². The first kappa shape index (κ1) is 14.0. The van der Waals surface area contributed by atoms with Crippen LogP contribution in [0, 0.1) is 5.92 Å². The molecule has 1 fully saturated rings. The topological polar surface area (TPSA) is 41.7 Å². The number of piperazine rings is 1. The maximum absolute atomic E-state index is 5.92. The van der Waals surface area contributed by atoms with Gasteiger partial charge < -0.3 is 20.3 Å². The predicted octanol–water partition coefficient (Wildman–Crippen LogP) is 2.06. The van der Waals surface area contributed by atoms with Crippen LogP contribution in [0.3, 0.4) is 0 Å². The molecule has 2 rings (SSSR count). The number of nitrogens with two attached hydrogens (primary N) is 1. The highest BCUT2D eigenvalue weighted by Crippen LogP contribution is 2.31. The third-order valence-electron chi connectivity index (χ3n) is 3.40. The van der Waals surface area contributed by atoms with Crippen molar-refractivity contribution in [3.8, 4) is 5.75 Å². The van der Waals surface area contributed by atoms with Crippen LogP contribution in [-0.2, 0) is 0 Å². The lowest BCUT2D eigenvalue weighted by atomic mass is 10.2. The Morgan fingerprint density at radius 3 is 2.53 bits per heavy atom. The van der Waals surface area contributed by atoms with E-state index in [1.807, 2.05) is 12.1 Å². The Hall–Kier alpha value is -1.42. The highest BCUT2D eigenvalue weighted by Gasteiger charge is 2.18. The smallest absolute Gasteiger partial charge is 0.144 e. The van der Waals surface area contributed by atoms with Crippen LogP contribution >= 0.6 is 0 Å². The quantitative estimate of drug-likeness (QED) is 0.844. The van der Waals surface area contributed by atoms with Gasteiger partial charge in [-0.1, -0.05) is 13.8 Å². The molecule has 4 heteroatoms. The van der Waals surface area contributed by atoms with Gasteiger partial charge in [0.1, 0.15) is 5.75 Å². The molecule has 0 spiro atoms. The first-order valence-electron chi connectivity index (χ1n) is 7.02. The SMILES string of the molecule is CC(C)COc1cc(N)ccc1N1CCN(C)CC1. The summed E-state index contributed by atoms with van der Waals surface area (Å²) in [5.74, 6) is 1.43. The molecule has 4 nitrogen and oxygen atoms in total. The van der Waals surface area contributed by atoms with Crippen LogP contribution in [0.25, 0.3) is 0 Å². The van der Waals surface area contributed by atoms with E-state index >= 15 is 0 Å². The number of likely N-dealkylation sites (N-methyl/N-ethyl adjacent to an activating group) is 1. The zero-order valence-corrected chi connectivity index (χ0v) is 12.2. The maximum atomic E-state index is 5.92. The van der Waals surface area contributed by atoms with E-state index in [4.69, 9.17) is 10.5 Å². The monoisotopic (exact) mass is 263 g/mol. The molecule has 0 radical (unpaired) electrons. The van der Waals surface area contributed by atoms with Gasteiger partial charge in [-0.2, -0.15) is 0 Å². The van der Waals surface area contributed by atoms with Crippen molar-refractivity contribution in [2.24, 2.45) is 5.92 Å². The van der Waals surface area contributed by atoms with Crippen LogP contribution < -0.4 is 15.4 Å². The molecule has 0 atom stereocenters. The number of nitrogens with zero attached hydrogens (tertiary/aromatic N) is 2. The molecular formula is C15H25N3O. The normalized spacial score (nSPS) is 16.9. The van der Waals surface area contributed by atoms with Crippen molar-refractivity contribution in [3.63, 3.8) is 0 Å². The van der Waals surface area contributed by atoms with Gasteiger partial charge in [0.15, 0.2) is 0 Å². The highest BCUT2D eigenvalue weighted by atomic mass is 16.5. The number of nitrogen functional groups attached to an aromatic ring is 1. The standard InChI is InChI=1S/C15H25N3O/c1-12(2)11-19-15-10-13(16)4-5-14(15)18-8-6-17(3)7-9-18/h4-5,10,12H,6-9,11,16H2,1-3H3. The summed E-state index contributed by atoms with van der Waals surface area (Å²) in [6.07, 6.45) is 0. The molecule has 0 amide bonds. The molecule has 0 aromatic heterocycles. The minimum absolute atomic E-state index is 0.516. The van der Waals surface area contributed by atoms with Crippen LogP contribution in [-0.4, -0.2) is 44.7 Å². The van der Waals surface area contributed by atoms with Gasteiger partial charge in [-0.15, -0.1) is 0 Å². The maximum Gasteiger partial charge on any atom is 0.144 e. The van der Waals surface area contributed by atoms with E-state index in [1.165, 1.54) is 5.69 Å². The molecule has 1 aliphatic heterocycles. The lowest BCUT2D eigenvalue weighted by molar-refractivity contribution is 0.269. The van der Waals surface area contributed by atoms with Crippen LogP contribution in [0.5, 0.6) is 5.75 Å². The number of anilines is 2. The average molecular weight is 263 g/mol. The Morgan fingerprint density at radius 2 is 1.89 bits per heavy atom. The minimum Gasteiger partial charge on any atom is -0.491 e. The molecule has 19 heavy (non-hydrogen) atoms. The summed E-state index contributed by atoms with van der Waals surface area (Å²) < 4.78 is 5.92. The molecule has 1 aliphatic rings. The zero-order chi connectivity index (χ0) is 13.8. The van der Waals surface area contributed by atoms with Crippen molar-refractivity contribution in [2.45, 2.75) is 13.8 Å². The van der Waals surface area contributed by atoms with Gasteiger partial charge in [0.25, 0.3) is 0 Å². The number of rotatable bonds is 4. The lowest BCUT2D eigenvalue weighted by Gasteiger charge is -2.35. The fourth-order valence-corrected chi connectivity index (χ4v) is 2.21. The molecular weight excluding hydrogens is 238 g/mol. The number of ether oxygens (including phenoxy) is 1. The molecule has 2 N–H and O–H groups in total. The van der Waals surface area contributed by atoms with Crippen molar-refractivity contribution in [1.82, 2.24) is 4.90 Å². The van der Waals surface area contributed by atoms with Gasteiger partial charge in [-0.05, 0) is 25.1 Å². The van der Waals surface area contributed by atoms with Crippen LogP contribution in [0.2, 0.25) is 0 Å². The predicted molar refractivity (Wildman–Crippen MR) is 80.9 cm³/mol. The fourth-order valence-electron chi connectivity index (χ4n) is 2.21. The van der Waals surface area contributed by atoms with E-state index in [9.17, 15) is 0 Å². The fraction of sp³-hybridized carbons (Fsp3) is 0.600. The summed E-state index contributed by atoms with van der Waals surface area (Å²) in [6, 6.07) is 5.97. The van der Waals surface area contributed by atoms with Crippen LogP contribution in [0.15, 0.2) is 18.2 Å². The summed E-state index contributed by atoms with van der Waals surface area (Å²) in [6.45, 7) is 9.30. The van der Waals surface area contributed by atoms with Gasteiger partial charge in [0.2, 0.25) is 0 Å². The average Bonchev–Trinajstić information content (AvgIpc) is 2.38. The van der Waals surface area contributed by atoms with Crippen LogP contribution in [0.1, 0.15) is 13.8 Å². The van der Waals surface area contributed by atoms with Crippen molar-refractivity contribution in [1.29, 1.82) is 0 Å². The summed E-state index contributed by atoms with van der Waals surface area (Å²) in [5.41, 5.74) is 7.81. The summed E-state index contributed by atoms with van der Waals surface area (Å²) >= 11 is 0. The summed E-state index contributed by atoms with van der Waals surface area (Å²) in [4.78, 5) is 4.73. The minimum atomic E-state index is 0.516. The van der Waals surface area contributed by atoms with Crippen molar-refractivity contribution >= 4 is 11.4 Å². The second kappa shape index (κ2) is 6.15. The van der Waals surface area contributed by atoms with Crippen molar-refractivity contribution in [3.05, 3.63) is 18.2 Å². The first-order chi connectivity index (χ1) is 9.06. The Labute approximate surface area is 116 Å². The molecule has 0 bridgehead atoms. The van der Waals surface area contributed by atoms with Crippen molar-refractivity contribution < 1.29 is 4.74 Å². The van der Waals surface area contributed by atoms with E-state index in [1.54, 1.807) is 0 Å². The molecule has 1 saturated heterocycles. The molecule has 1 aromatic carbocycles. The van der Waals surface area contributed by atoms with Crippen LogP contribution in [0.4, 0.5) is 11.4 Å². The summed E-state index contributed by atoms with van der Waals surface area (Å²) in [7, 11) is 2.16. The second-order valence-electron chi connectivity index (χ2n) is 5.72. The Morgan fingerprint density at radius 1 is 1.21 bits per heavy atom. The Bertz CT molecular complexity index is 412. The van der Waals surface area contributed by atoms with Gasteiger partial charge in [0, 0.05) is 37.9 Å². The van der Waals surface area contributed by atoms with Crippen molar-refractivity contribution in [2.75, 3.05) is 50.5 Å². The third kappa shape index (κ3) is 3.77. The number of benzene rings is 1. The van der Waals surface area contributed by atoms with Gasteiger partial charge >= 0.3 is 0 Å². The molecule has 1 heterocycles. The molecule has 0 unspecified atom stereocenters. The van der Waals surface area contributed by atoms with E-state index in [-0.39, 0.29) is 0 Å². The van der Waals surface area contributed by atoms with Gasteiger partial charge in [0.05, 0.1) is 12.3 Å². The van der Waals surface area contributed by atoms with E-state index in [0.717, 1.165) is 44.2 Å². The largest absolute Gasteiger partial charge is 0.491 e. The Balaban J connectivity index is 2.14. The number of hydrogen-bond acceptors (Lipinski definition) is 4. The Kier molecular flexibility index (Phi) is 4.53. The molecule has 0 aliphatic carbocycles. The van der Waals surface area contributed by atoms with E-state index < -0.39 is 0 Å². The number of hydrogen-bond donors (Lipinski definition) is 1.